The number of aromatic nitrogens is 1. The number of hydrogen-bond donors (Lipinski definition) is 0. The molecule has 0 aliphatic carbocycles. The summed E-state index contributed by atoms with van der Waals surface area (Å²) in [4.78, 5) is 13.5. The van der Waals surface area contributed by atoms with E-state index in [0.29, 0.717) is 24.5 Å². The highest BCUT2D eigenvalue weighted by Gasteiger charge is 2.27. The van der Waals surface area contributed by atoms with Crippen molar-refractivity contribution in [2.24, 2.45) is 0 Å². The summed E-state index contributed by atoms with van der Waals surface area (Å²) >= 11 is 5.91. The monoisotopic (exact) mass is 214 g/mol. The van der Waals surface area contributed by atoms with E-state index in [4.69, 9.17) is 16.1 Å². The van der Waals surface area contributed by atoms with Gasteiger partial charge >= 0.3 is 0 Å². The van der Waals surface area contributed by atoms with E-state index >= 15 is 0 Å². The second-order valence-electron chi connectivity index (χ2n) is 3.46. The molecular formula is C9H11ClN2O2. The summed E-state index contributed by atoms with van der Waals surface area (Å²) in [6.07, 6.45) is 0.851. The van der Waals surface area contributed by atoms with Crippen molar-refractivity contribution in [2.45, 2.75) is 18.7 Å². The lowest BCUT2D eigenvalue weighted by Crippen LogP contribution is -2.29. The van der Waals surface area contributed by atoms with Crippen LogP contribution in [0.1, 0.15) is 22.7 Å². The minimum Gasteiger partial charge on any atom is -0.361 e. The quantitative estimate of drug-likeness (QED) is 0.665. The molecule has 0 saturated carbocycles. The third kappa shape index (κ3) is 1.75. The van der Waals surface area contributed by atoms with Crippen LogP contribution in [-0.4, -0.2) is 34.4 Å². The molecule has 0 spiro atoms. The summed E-state index contributed by atoms with van der Waals surface area (Å²) in [5.74, 6) is 0.556. The molecule has 14 heavy (non-hydrogen) atoms. The van der Waals surface area contributed by atoms with Gasteiger partial charge in [0, 0.05) is 19.2 Å². The molecule has 1 saturated heterocycles. The molecular weight excluding hydrogens is 204 g/mol. The zero-order valence-corrected chi connectivity index (χ0v) is 8.62. The van der Waals surface area contributed by atoms with Gasteiger partial charge in [0.05, 0.1) is 5.38 Å². The smallest absolute Gasteiger partial charge is 0.276 e. The van der Waals surface area contributed by atoms with Crippen LogP contribution in [-0.2, 0) is 0 Å². The Balaban J connectivity index is 2.09. The number of alkyl halides is 1. The van der Waals surface area contributed by atoms with Crippen LogP contribution < -0.4 is 0 Å². The molecule has 0 bridgehead atoms. The molecule has 0 aromatic carbocycles. The van der Waals surface area contributed by atoms with Crippen molar-refractivity contribution in [1.29, 1.82) is 0 Å². The third-order valence-electron chi connectivity index (χ3n) is 2.27. The summed E-state index contributed by atoms with van der Waals surface area (Å²) in [7, 11) is 0. The molecule has 5 heteroatoms. The van der Waals surface area contributed by atoms with E-state index in [2.05, 4.69) is 5.16 Å². The Morgan fingerprint density at radius 3 is 3.07 bits per heavy atom. The molecule has 2 heterocycles. The van der Waals surface area contributed by atoms with Gasteiger partial charge in [0.1, 0.15) is 5.76 Å². The Bertz CT molecular complexity index is 350. The van der Waals surface area contributed by atoms with Crippen molar-refractivity contribution in [3.63, 3.8) is 0 Å². The predicted octanol–water partition coefficient (Wildman–Crippen LogP) is 1.44. The van der Waals surface area contributed by atoms with E-state index < -0.39 is 0 Å². The van der Waals surface area contributed by atoms with Crippen LogP contribution in [0.4, 0.5) is 0 Å². The number of aryl methyl sites for hydroxylation is 1. The second kappa shape index (κ2) is 3.61. The topological polar surface area (TPSA) is 46.3 Å². The summed E-state index contributed by atoms with van der Waals surface area (Å²) in [5, 5.41) is 3.75. The number of amides is 1. The highest BCUT2D eigenvalue weighted by molar-refractivity contribution is 6.21. The zero-order chi connectivity index (χ0) is 10.1. The van der Waals surface area contributed by atoms with E-state index in [-0.39, 0.29) is 11.3 Å². The van der Waals surface area contributed by atoms with Gasteiger partial charge in [0.15, 0.2) is 5.69 Å². The average Bonchev–Trinajstić information content (AvgIpc) is 2.73. The van der Waals surface area contributed by atoms with Crippen LogP contribution in [0, 0.1) is 6.92 Å². The highest BCUT2D eigenvalue weighted by Crippen LogP contribution is 2.17. The van der Waals surface area contributed by atoms with E-state index in [1.165, 1.54) is 0 Å². The summed E-state index contributed by atoms with van der Waals surface area (Å²) in [6.45, 7) is 3.07. The number of carbonyl (C=O) groups is 1. The number of carbonyl (C=O) groups excluding carboxylic acids is 1. The first kappa shape index (κ1) is 9.52. The maximum absolute atomic E-state index is 11.8. The molecule has 0 N–H and O–H groups in total. The van der Waals surface area contributed by atoms with Gasteiger partial charge in [-0.25, -0.2) is 0 Å². The average molecular weight is 215 g/mol. The van der Waals surface area contributed by atoms with E-state index in [1.807, 2.05) is 0 Å². The maximum atomic E-state index is 11.8. The molecule has 1 fully saturated rings. The first-order valence-corrected chi connectivity index (χ1v) is 4.97. The van der Waals surface area contributed by atoms with Crippen molar-refractivity contribution in [3.8, 4) is 0 Å². The molecule has 1 atom stereocenters. The van der Waals surface area contributed by atoms with Crippen molar-refractivity contribution < 1.29 is 9.32 Å². The Hall–Kier alpha value is -1.03. The van der Waals surface area contributed by atoms with Gasteiger partial charge in [-0.05, 0) is 13.3 Å². The molecule has 4 nitrogen and oxygen atoms in total. The standard InChI is InChI=1S/C9H11ClN2O2/c1-6-4-8(11-14-6)9(13)12-3-2-7(10)5-12/h4,7H,2-3,5H2,1H3. The number of nitrogens with zero attached hydrogens (tertiary/aromatic N) is 2. The summed E-state index contributed by atoms with van der Waals surface area (Å²) < 4.78 is 4.84. The summed E-state index contributed by atoms with van der Waals surface area (Å²) in [6, 6.07) is 1.64. The third-order valence-corrected chi connectivity index (χ3v) is 2.62. The fourth-order valence-corrected chi connectivity index (χ4v) is 1.80. The lowest BCUT2D eigenvalue weighted by Gasteiger charge is -2.12. The minimum absolute atomic E-state index is 0.0759. The van der Waals surface area contributed by atoms with Gasteiger partial charge in [0.2, 0.25) is 0 Å². The van der Waals surface area contributed by atoms with Gasteiger partial charge in [-0.2, -0.15) is 0 Å². The van der Waals surface area contributed by atoms with Crippen LogP contribution in [0.15, 0.2) is 10.6 Å². The van der Waals surface area contributed by atoms with Crippen molar-refractivity contribution >= 4 is 17.5 Å². The molecule has 1 aromatic heterocycles. The van der Waals surface area contributed by atoms with Crippen molar-refractivity contribution in [3.05, 3.63) is 17.5 Å². The van der Waals surface area contributed by atoms with Gasteiger partial charge in [-0.1, -0.05) is 5.16 Å². The van der Waals surface area contributed by atoms with Crippen molar-refractivity contribution in [1.82, 2.24) is 10.1 Å². The van der Waals surface area contributed by atoms with E-state index in [0.717, 1.165) is 6.42 Å². The highest BCUT2D eigenvalue weighted by atomic mass is 35.5. The zero-order valence-electron chi connectivity index (χ0n) is 7.86. The molecule has 76 valence electrons. The molecule has 1 unspecified atom stereocenters. The normalized spacial score (nSPS) is 21.6. The largest absolute Gasteiger partial charge is 0.361 e. The summed E-state index contributed by atoms with van der Waals surface area (Å²) in [5.41, 5.74) is 0.369. The van der Waals surface area contributed by atoms with Gasteiger partial charge in [0.25, 0.3) is 5.91 Å². The van der Waals surface area contributed by atoms with Gasteiger partial charge in [-0.3, -0.25) is 4.79 Å². The Kier molecular flexibility index (Phi) is 2.46. The Labute approximate surface area is 86.8 Å². The maximum Gasteiger partial charge on any atom is 0.276 e. The lowest BCUT2D eigenvalue weighted by molar-refractivity contribution is 0.0783. The fourth-order valence-electron chi connectivity index (χ4n) is 1.53. The van der Waals surface area contributed by atoms with Gasteiger partial charge < -0.3 is 9.42 Å². The molecule has 0 radical (unpaired) electrons. The molecule has 1 amide bonds. The number of hydrogen-bond acceptors (Lipinski definition) is 3. The molecule has 2 rings (SSSR count). The van der Waals surface area contributed by atoms with Crippen LogP contribution in [0.5, 0.6) is 0 Å². The Morgan fingerprint density at radius 1 is 1.79 bits per heavy atom. The van der Waals surface area contributed by atoms with Crippen LogP contribution in [0.3, 0.4) is 0 Å². The fraction of sp³-hybridized carbons (Fsp3) is 0.556. The van der Waals surface area contributed by atoms with Crippen LogP contribution >= 0.6 is 11.6 Å². The number of halogens is 1. The lowest BCUT2D eigenvalue weighted by atomic mass is 10.3. The first-order valence-electron chi connectivity index (χ1n) is 4.53. The van der Waals surface area contributed by atoms with Crippen LogP contribution in [0.25, 0.3) is 0 Å². The predicted molar refractivity (Wildman–Crippen MR) is 51.4 cm³/mol. The van der Waals surface area contributed by atoms with Crippen LogP contribution in [0.2, 0.25) is 0 Å². The molecule has 1 aromatic rings. The molecule has 1 aliphatic rings. The Morgan fingerprint density at radius 2 is 2.57 bits per heavy atom. The SMILES string of the molecule is Cc1cc(C(=O)N2CCC(Cl)C2)no1. The van der Waals surface area contributed by atoms with Crippen molar-refractivity contribution in [2.75, 3.05) is 13.1 Å². The van der Waals surface area contributed by atoms with E-state index in [1.54, 1.807) is 17.9 Å². The number of likely N-dealkylation sites (tertiary alicyclic amines) is 1. The molecule has 1 aliphatic heterocycles. The van der Waals surface area contributed by atoms with E-state index in [9.17, 15) is 4.79 Å². The second-order valence-corrected chi connectivity index (χ2v) is 4.08. The number of rotatable bonds is 1. The minimum atomic E-state index is -0.0926. The van der Waals surface area contributed by atoms with Gasteiger partial charge in [-0.15, -0.1) is 11.6 Å². The first-order chi connectivity index (χ1) is 6.66.